The van der Waals surface area contributed by atoms with Crippen molar-refractivity contribution in [3.8, 4) is 11.5 Å². The van der Waals surface area contributed by atoms with Crippen LogP contribution in [0.15, 0.2) is 30.3 Å². The van der Waals surface area contributed by atoms with Crippen LogP contribution in [0.25, 0.3) is 0 Å². The topological polar surface area (TPSA) is 30.5 Å². The summed E-state index contributed by atoms with van der Waals surface area (Å²) in [5, 5.41) is 4.64. The number of benzene rings is 2. The maximum absolute atomic E-state index is 6.25. The molecule has 0 spiro atoms. The Hall–Kier alpha value is -1.58. The van der Waals surface area contributed by atoms with Gasteiger partial charge in [0.05, 0.1) is 18.7 Å². The molecule has 2 aromatic rings. The highest BCUT2D eigenvalue weighted by Gasteiger charge is 2.11. The fourth-order valence-corrected chi connectivity index (χ4v) is 2.67. The van der Waals surface area contributed by atoms with Gasteiger partial charge in [-0.15, -0.1) is 0 Å². The third-order valence-electron chi connectivity index (χ3n) is 3.32. The zero-order valence-electron chi connectivity index (χ0n) is 12.9. The lowest BCUT2D eigenvalue weighted by molar-refractivity contribution is 0.310. The van der Waals surface area contributed by atoms with Gasteiger partial charge in [0.2, 0.25) is 0 Å². The first-order valence-corrected chi connectivity index (χ1v) is 7.80. The first-order chi connectivity index (χ1) is 10.6. The minimum Gasteiger partial charge on any atom is -0.491 e. The Morgan fingerprint density at radius 3 is 2.59 bits per heavy atom. The van der Waals surface area contributed by atoms with Crippen LogP contribution in [-0.4, -0.2) is 13.7 Å². The maximum Gasteiger partial charge on any atom is 0.179 e. The minimum absolute atomic E-state index is 0.535. The lowest BCUT2D eigenvalue weighted by atomic mass is 10.1. The molecule has 0 amide bonds. The predicted molar refractivity (Wildman–Crippen MR) is 92.7 cm³/mol. The van der Waals surface area contributed by atoms with E-state index < -0.39 is 0 Å². The fraction of sp³-hybridized carbons (Fsp3) is 0.294. The number of hydrogen-bond acceptors (Lipinski definition) is 3. The third-order valence-corrected chi connectivity index (χ3v) is 4.01. The monoisotopic (exact) mass is 339 g/mol. The van der Waals surface area contributed by atoms with Gasteiger partial charge >= 0.3 is 0 Å². The van der Waals surface area contributed by atoms with Gasteiger partial charge in [-0.2, -0.15) is 0 Å². The Morgan fingerprint density at radius 1 is 1.14 bits per heavy atom. The fourth-order valence-electron chi connectivity index (χ4n) is 2.18. The van der Waals surface area contributed by atoms with E-state index in [9.17, 15) is 0 Å². The lowest BCUT2D eigenvalue weighted by Crippen LogP contribution is -2.03. The molecule has 0 unspecified atom stereocenters. The minimum atomic E-state index is 0.535. The second-order valence-electron chi connectivity index (χ2n) is 4.81. The van der Waals surface area contributed by atoms with Crippen molar-refractivity contribution in [3.63, 3.8) is 0 Å². The van der Waals surface area contributed by atoms with E-state index in [1.54, 1.807) is 7.11 Å². The molecule has 0 aliphatic rings. The van der Waals surface area contributed by atoms with E-state index in [4.69, 9.17) is 32.7 Å². The molecular weight excluding hydrogens is 321 g/mol. The van der Waals surface area contributed by atoms with Gasteiger partial charge in [0.15, 0.2) is 11.5 Å². The molecule has 1 N–H and O–H groups in total. The van der Waals surface area contributed by atoms with E-state index in [2.05, 4.69) is 5.32 Å². The standard InChI is InChI=1S/C17H19Cl2NO2/c1-4-22-16-9-12(8-14(19)17(16)21-3)10-20-15-7-5-6-13(18)11(15)2/h5-9,20H,4,10H2,1-3H3. The van der Waals surface area contributed by atoms with Crippen LogP contribution in [0.5, 0.6) is 11.5 Å². The molecule has 2 rings (SSSR count). The summed E-state index contributed by atoms with van der Waals surface area (Å²) in [5.41, 5.74) is 3.03. The van der Waals surface area contributed by atoms with E-state index in [1.807, 2.05) is 44.2 Å². The highest BCUT2D eigenvalue weighted by atomic mass is 35.5. The number of methoxy groups -OCH3 is 1. The number of halogens is 2. The molecule has 0 aromatic heterocycles. The quantitative estimate of drug-likeness (QED) is 0.772. The van der Waals surface area contributed by atoms with E-state index in [1.165, 1.54) is 0 Å². The van der Waals surface area contributed by atoms with Crippen molar-refractivity contribution in [1.29, 1.82) is 0 Å². The second-order valence-corrected chi connectivity index (χ2v) is 5.62. The van der Waals surface area contributed by atoms with E-state index in [-0.39, 0.29) is 0 Å². The van der Waals surface area contributed by atoms with Crippen molar-refractivity contribution in [1.82, 2.24) is 0 Å². The summed E-state index contributed by atoms with van der Waals surface area (Å²) in [6, 6.07) is 9.59. The Balaban J connectivity index is 2.21. The third kappa shape index (κ3) is 3.79. The van der Waals surface area contributed by atoms with E-state index in [0.717, 1.165) is 21.8 Å². The summed E-state index contributed by atoms with van der Waals surface area (Å²) in [6.07, 6.45) is 0. The zero-order valence-corrected chi connectivity index (χ0v) is 14.4. The molecular formula is C17H19Cl2NO2. The predicted octanol–water partition coefficient (Wildman–Crippen LogP) is 5.32. The first-order valence-electron chi connectivity index (χ1n) is 7.05. The molecule has 0 saturated heterocycles. The summed E-state index contributed by atoms with van der Waals surface area (Å²) in [7, 11) is 1.58. The van der Waals surface area contributed by atoms with Gasteiger partial charge in [0, 0.05) is 17.3 Å². The second kappa shape index (κ2) is 7.61. The van der Waals surface area contributed by atoms with Gasteiger partial charge in [0.25, 0.3) is 0 Å². The molecule has 5 heteroatoms. The molecule has 3 nitrogen and oxygen atoms in total. The van der Waals surface area contributed by atoms with Crippen LogP contribution in [0.1, 0.15) is 18.1 Å². The number of nitrogens with one attached hydrogen (secondary N) is 1. The summed E-state index contributed by atoms with van der Waals surface area (Å²) < 4.78 is 10.9. The van der Waals surface area contributed by atoms with Gasteiger partial charge in [-0.3, -0.25) is 0 Å². The summed E-state index contributed by atoms with van der Waals surface area (Å²) >= 11 is 12.4. The van der Waals surface area contributed by atoms with Crippen molar-refractivity contribution in [2.45, 2.75) is 20.4 Å². The van der Waals surface area contributed by atoms with Crippen LogP contribution < -0.4 is 14.8 Å². The van der Waals surface area contributed by atoms with Crippen molar-refractivity contribution < 1.29 is 9.47 Å². The number of anilines is 1. The zero-order chi connectivity index (χ0) is 16.1. The molecule has 0 heterocycles. The van der Waals surface area contributed by atoms with Crippen molar-refractivity contribution in [3.05, 3.63) is 51.5 Å². The molecule has 22 heavy (non-hydrogen) atoms. The first kappa shape index (κ1) is 16.8. The summed E-state index contributed by atoms with van der Waals surface area (Å²) in [4.78, 5) is 0. The summed E-state index contributed by atoms with van der Waals surface area (Å²) in [6.45, 7) is 5.08. The van der Waals surface area contributed by atoms with Gasteiger partial charge < -0.3 is 14.8 Å². The Morgan fingerprint density at radius 2 is 1.91 bits per heavy atom. The highest BCUT2D eigenvalue weighted by molar-refractivity contribution is 6.32. The Kier molecular flexibility index (Phi) is 5.81. The Bertz CT molecular complexity index is 659. The molecule has 0 fully saturated rings. The normalized spacial score (nSPS) is 10.4. The maximum atomic E-state index is 6.25. The van der Waals surface area contributed by atoms with Gasteiger partial charge in [-0.25, -0.2) is 0 Å². The van der Waals surface area contributed by atoms with E-state index >= 15 is 0 Å². The van der Waals surface area contributed by atoms with Crippen LogP contribution in [0.3, 0.4) is 0 Å². The van der Waals surface area contributed by atoms with Gasteiger partial charge in [-0.05, 0) is 49.2 Å². The van der Waals surface area contributed by atoms with Crippen LogP contribution in [0.2, 0.25) is 10.0 Å². The van der Waals surface area contributed by atoms with Crippen molar-refractivity contribution in [2.75, 3.05) is 19.0 Å². The van der Waals surface area contributed by atoms with E-state index in [0.29, 0.717) is 29.7 Å². The smallest absolute Gasteiger partial charge is 0.179 e. The molecule has 0 aliphatic carbocycles. The van der Waals surface area contributed by atoms with Crippen LogP contribution >= 0.6 is 23.2 Å². The summed E-state index contributed by atoms with van der Waals surface area (Å²) in [5.74, 6) is 1.21. The van der Waals surface area contributed by atoms with Crippen LogP contribution in [0, 0.1) is 6.92 Å². The average Bonchev–Trinajstić information content (AvgIpc) is 2.49. The SMILES string of the molecule is CCOc1cc(CNc2cccc(Cl)c2C)cc(Cl)c1OC. The van der Waals surface area contributed by atoms with Crippen molar-refractivity contribution >= 4 is 28.9 Å². The van der Waals surface area contributed by atoms with Crippen LogP contribution in [-0.2, 0) is 6.54 Å². The molecule has 0 saturated carbocycles. The van der Waals surface area contributed by atoms with Gasteiger partial charge in [0.1, 0.15) is 0 Å². The average molecular weight is 340 g/mol. The highest BCUT2D eigenvalue weighted by Crippen LogP contribution is 2.36. The number of hydrogen-bond donors (Lipinski definition) is 1. The number of rotatable bonds is 6. The molecule has 0 bridgehead atoms. The Labute approximate surface area is 141 Å². The molecule has 0 atom stereocenters. The number of ether oxygens (including phenoxy) is 2. The van der Waals surface area contributed by atoms with Crippen LogP contribution in [0.4, 0.5) is 5.69 Å². The lowest BCUT2D eigenvalue weighted by Gasteiger charge is -2.15. The molecule has 2 aromatic carbocycles. The van der Waals surface area contributed by atoms with Crippen molar-refractivity contribution in [2.24, 2.45) is 0 Å². The molecule has 0 radical (unpaired) electrons. The molecule has 0 aliphatic heterocycles. The molecule has 118 valence electrons. The van der Waals surface area contributed by atoms with Gasteiger partial charge in [-0.1, -0.05) is 29.3 Å². The largest absolute Gasteiger partial charge is 0.491 e.